The molecule has 0 aliphatic rings. The zero-order chi connectivity index (χ0) is 23.7. The second-order valence-electron chi connectivity index (χ2n) is 8.27. The van der Waals surface area contributed by atoms with E-state index in [0.29, 0.717) is 13.1 Å². The number of para-hydroxylation sites is 2. The number of hydrogen-bond acceptors (Lipinski definition) is 3. The second kappa shape index (κ2) is 11.4. The maximum atomic E-state index is 11.0. The summed E-state index contributed by atoms with van der Waals surface area (Å²) in [5, 5.41) is 20.1. The third-order valence-corrected chi connectivity index (χ3v) is 5.67. The van der Waals surface area contributed by atoms with Gasteiger partial charge in [-0.15, -0.1) is 0 Å². The van der Waals surface area contributed by atoms with Crippen molar-refractivity contribution in [3.8, 4) is 0 Å². The lowest BCUT2D eigenvalue weighted by Gasteiger charge is -2.09. The molecule has 3 aromatic heterocycles. The summed E-state index contributed by atoms with van der Waals surface area (Å²) in [6, 6.07) is 14.3. The number of carboxylic acids is 2. The molecule has 36 heavy (non-hydrogen) atoms. The van der Waals surface area contributed by atoms with Crippen molar-refractivity contribution in [2.45, 2.75) is 26.2 Å². The first-order valence-corrected chi connectivity index (χ1v) is 10.8. The fourth-order valence-electron chi connectivity index (χ4n) is 4.22. The van der Waals surface area contributed by atoms with Crippen molar-refractivity contribution in [3.05, 3.63) is 91.0 Å². The Kier molecular flexibility index (Phi) is 8.59. The highest BCUT2D eigenvalue weighted by molar-refractivity contribution is 5.95. The Morgan fingerprint density at radius 1 is 0.750 bits per heavy atom. The highest BCUT2D eigenvalue weighted by Crippen LogP contribution is 2.24. The van der Waals surface area contributed by atoms with Crippen molar-refractivity contribution in [1.29, 1.82) is 0 Å². The van der Waals surface area contributed by atoms with Gasteiger partial charge in [-0.1, -0.05) is 36.4 Å². The predicted molar refractivity (Wildman–Crippen MR) is 122 cm³/mol. The number of hydrogen-bond donors (Lipinski definition) is 2. The number of aromatic nitrogens is 5. The number of benzene rings is 2. The van der Waals surface area contributed by atoms with Crippen LogP contribution in [0, 0.1) is 0 Å². The van der Waals surface area contributed by atoms with Crippen LogP contribution in [-0.2, 0) is 35.8 Å². The van der Waals surface area contributed by atoms with E-state index < -0.39 is 11.9 Å². The normalized spacial score (nSPS) is 10.7. The average Bonchev–Trinajstić information content (AvgIpc) is 3.41. The molecule has 0 unspecified atom stereocenters. The first-order valence-electron chi connectivity index (χ1n) is 10.8. The van der Waals surface area contributed by atoms with Crippen molar-refractivity contribution < 1.29 is 62.9 Å². The smallest absolute Gasteiger partial charge is 0.346 e. The number of halogens is 2. The standard InChI is InChI=1S/C25H21N5O4.2BrH/c31-22(32)14-29-9-7-27(16-29)12-20-5-1-3-18-11-19-4-2-6-21(25(19)26-24(18)20)13-28-8-10-30(17-28)15-23(33)34;;/h1-11,16-17H,12-15H2;2*1H. The summed E-state index contributed by atoms with van der Waals surface area (Å²) in [4.78, 5) is 27.0. The second-order valence-corrected chi connectivity index (χ2v) is 8.27. The Labute approximate surface area is 227 Å². The van der Waals surface area contributed by atoms with Crippen LogP contribution in [0.4, 0.5) is 0 Å². The van der Waals surface area contributed by atoms with E-state index in [1.165, 1.54) is 0 Å². The third kappa shape index (κ3) is 5.97. The lowest BCUT2D eigenvalue weighted by molar-refractivity contribution is -0.687. The molecule has 0 aliphatic carbocycles. The zero-order valence-electron chi connectivity index (χ0n) is 19.0. The molecule has 0 saturated carbocycles. The van der Waals surface area contributed by atoms with Gasteiger partial charge >= 0.3 is 11.9 Å². The number of aliphatic carboxylic acids is 2. The summed E-state index contributed by atoms with van der Waals surface area (Å²) >= 11 is 0. The lowest BCUT2D eigenvalue weighted by Crippen LogP contribution is -3.00. The molecule has 0 spiro atoms. The Morgan fingerprint density at radius 3 is 1.61 bits per heavy atom. The van der Waals surface area contributed by atoms with E-state index in [1.807, 2.05) is 57.9 Å². The predicted octanol–water partition coefficient (Wildman–Crippen LogP) is -4.16. The van der Waals surface area contributed by atoms with Crippen molar-refractivity contribution in [2.24, 2.45) is 0 Å². The molecule has 0 bridgehead atoms. The van der Waals surface area contributed by atoms with E-state index in [0.717, 1.165) is 32.9 Å². The molecule has 2 N–H and O–H groups in total. The summed E-state index contributed by atoms with van der Waals surface area (Å²) in [6.07, 6.45) is 10.7. The summed E-state index contributed by atoms with van der Waals surface area (Å²) in [5.74, 6) is -1.77. The third-order valence-electron chi connectivity index (χ3n) is 5.67. The first-order chi connectivity index (χ1) is 16.4. The number of rotatable bonds is 8. The molecule has 5 rings (SSSR count). The topological polar surface area (TPSA) is 105 Å². The number of pyridine rings is 1. The minimum absolute atomic E-state index is 0. The van der Waals surface area contributed by atoms with Crippen LogP contribution >= 0.6 is 0 Å². The first kappa shape index (κ1) is 27.0. The maximum absolute atomic E-state index is 11.0. The average molecular weight is 617 g/mol. The van der Waals surface area contributed by atoms with E-state index in [9.17, 15) is 9.59 Å². The van der Waals surface area contributed by atoms with Gasteiger partial charge in [0.1, 0.15) is 37.9 Å². The Hall–Kier alpha value is -3.57. The minimum atomic E-state index is -0.884. The highest BCUT2D eigenvalue weighted by atomic mass is 79.9. The van der Waals surface area contributed by atoms with Crippen LogP contribution in [0.5, 0.6) is 0 Å². The molecule has 0 aliphatic heterocycles. The SMILES string of the molecule is O=C(O)Cn1cc[n+](Cc2cccc3cc4cccc(C[n+]5ccn(CC(=O)O)c5)c4nc23)c1.[Br-].[Br-]. The number of fused-ring (bicyclic) bond motifs is 2. The van der Waals surface area contributed by atoms with Crippen LogP contribution < -0.4 is 43.1 Å². The summed E-state index contributed by atoms with van der Waals surface area (Å²) in [6.45, 7) is 0.968. The van der Waals surface area contributed by atoms with Crippen LogP contribution in [-0.4, -0.2) is 36.3 Å². The largest absolute Gasteiger partial charge is 1.00 e. The van der Waals surface area contributed by atoms with Crippen LogP contribution in [0.3, 0.4) is 0 Å². The van der Waals surface area contributed by atoms with Gasteiger partial charge in [-0.2, -0.15) is 0 Å². The van der Waals surface area contributed by atoms with Gasteiger partial charge in [0.15, 0.2) is 13.1 Å². The molecule has 0 saturated heterocycles. The van der Waals surface area contributed by atoms with Crippen molar-refractivity contribution in [1.82, 2.24) is 14.1 Å². The van der Waals surface area contributed by atoms with Gasteiger partial charge in [0, 0.05) is 21.9 Å². The molecule has 0 atom stereocenters. The molecular weight excluding hydrogens is 594 g/mol. The zero-order valence-corrected chi connectivity index (χ0v) is 22.2. The number of carbonyl (C=O) groups is 2. The van der Waals surface area contributed by atoms with Gasteiger partial charge in [-0.3, -0.25) is 0 Å². The van der Waals surface area contributed by atoms with Crippen molar-refractivity contribution in [3.63, 3.8) is 0 Å². The van der Waals surface area contributed by atoms with Gasteiger partial charge in [0.05, 0.1) is 11.0 Å². The maximum Gasteiger partial charge on any atom is 0.346 e. The number of carboxylic acid groups (broad SMARTS) is 2. The molecule has 9 nitrogen and oxygen atoms in total. The Morgan fingerprint density at radius 2 is 1.19 bits per heavy atom. The molecule has 3 heterocycles. The van der Waals surface area contributed by atoms with Crippen LogP contribution in [0.2, 0.25) is 0 Å². The van der Waals surface area contributed by atoms with Crippen LogP contribution in [0.1, 0.15) is 11.1 Å². The van der Waals surface area contributed by atoms with Crippen LogP contribution in [0.25, 0.3) is 21.8 Å². The van der Waals surface area contributed by atoms with Gasteiger partial charge in [-0.05, 0) is 6.07 Å². The fourth-order valence-corrected chi connectivity index (χ4v) is 4.22. The lowest BCUT2D eigenvalue weighted by atomic mass is 10.0. The molecule has 0 fully saturated rings. The monoisotopic (exact) mass is 615 g/mol. The molecule has 0 amide bonds. The van der Waals surface area contributed by atoms with Gasteiger partial charge in [0.25, 0.3) is 0 Å². The number of nitrogens with zero attached hydrogens (tertiary/aromatic N) is 5. The van der Waals surface area contributed by atoms with E-state index in [1.54, 1.807) is 34.2 Å². The summed E-state index contributed by atoms with van der Waals surface area (Å²) in [5.41, 5.74) is 3.86. The van der Waals surface area contributed by atoms with Crippen molar-refractivity contribution in [2.75, 3.05) is 0 Å². The molecule has 11 heteroatoms. The Bertz CT molecular complexity index is 1440. The van der Waals surface area contributed by atoms with Gasteiger partial charge < -0.3 is 44.2 Å². The van der Waals surface area contributed by atoms with Gasteiger partial charge in [-0.25, -0.2) is 32.8 Å². The van der Waals surface area contributed by atoms with Crippen molar-refractivity contribution >= 4 is 33.7 Å². The van der Waals surface area contributed by atoms with E-state index in [2.05, 4.69) is 6.07 Å². The Balaban J connectivity index is 0.00000180. The van der Waals surface area contributed by atoms with Crippen LogP contribution in [0.15, 0.2) is 79.9 Å². The minimum Gasteiger partial charge on any atom is -1.00 e. The summed E-state index contributed by atoms with van der Waals surface area (Å²) < 4.78 is 7.14. The summed E-state index contributed by atoms with van der Waals surface area (Å²) in [7, 11) is 0. The fraction of sp³-hybridized carbons (Fsp3) is 0.160. The quantitative estimate of drug-likeness (QED) is 0.136. The molecule has 0 radical (unpaired) electrons. The van der Waals surface area contributed by atoms with E-state index in [4.69, 9.17) is 15.2 Å². The highest BCUT2D eigenvalue weighted by Gasteiger charge is 2.14. The number of imidazole rings is 2. The molecular formula is C25H23Br2N5O4. The molecule has 186 valence electrons. The van der Waals surface area contributed by atoms with E-state index >= 15 is 0 Å². The van der Waals surface area contributed by atoms with Gasteiger partial charge in [0.2, 0.25) is 12.7 Å². The van der Waals surface area contributed by atoms with E-state index in [-0.39, 0.29) is 47.1 Å². The molecule has 2 aromatic carbocycles. The molecule has 5 aromatic rings.